The molecule has 0 aliphatic carbocycles. The highest BCUT2D eigenvalue weighted by atomic mass is 32.1. The molecule has 0 aliphatic heterocycles. The summed E-state index contributed by atoms with van der Waals surface area (Å²) in [5.74, 6) is -0.572. The molecule has 6 heteroatoms. The summed E-state index contributed by atoms with van der Waals surface area (Å²) in [6.45, 7) is 2.50. The number of thiocarbonyl (C=S) groups is 1. The molecule has 0 spiro atoms. The molecule has 0 atom stereocenters. The highest BCUT2D eigenvalue weighted by Crippen LogP contribution is 2.17. The molecule has 110 valence electrons. The summed E-state index contributed by atoms with van der Waals surface area (Å²) in [5.41, 5.74) is 0.990. The second-order valence-corrected chi connectivity index (χ2v) is 4.60. The Labute approximate surface area is 126 Å². The Kier molecular flexibility index (Phi) is 5.05. The summed E-state index contributed by atoms with van der Waals surface area (Å²) >= 11 is 5.09. The molecule has 0 heterocycles. The van der Waals surface area contributed by atoms with Crippen LogP contribution >= 0.6 is 12.2 Å². The van der Waals surface area contributed by atoms with Crippen LogP contribution < -0.4 is 15.4 Å². The van der Waals surface area contributed by atoms with Crippen molar-refractivity contribution in [1.29, 1.82) is 0 Å². The predicted octanol–water partition coefficient (Wildman–Crippen LogP) is 4.17. The Morgan fingerprint density at radius 3 is 2.14 bits per heavy atom. The lowest BCUT2D eigenvalue weighted by molar-refractivity contribution is 0.340. The molecule has 0 unspecified atom stereocenters. The zero-order valence-electron chi connectivity index (χ0n) is 11.3. The molecule has 0 aliphatic rings. The van der Waals surface area contributed by atoms with E-state index in [0.29, 0.717) is 6.61 Å². The second-order valence-electron chi connectivity index (χ2n) is 4.19. The summed E-state index contributed by atoms with van der Waals surface area (Å²) < 4.78 is 31.5. The maximum atomic E-state index is 13.1. The second kappa shape index (κ2) is 6.99. The van der Waals surface area contributed by atoms with Crippen LogP contribution in [0.15, 0.2) is 42.5 Å². The Balaban J connectivity index is 1.97. The van der Waals surface area contributed by atoms with Crippen molar-refractivity contribution in [1.82, 2.24) is 0 Å². The molecule has 3 nitrogen and oxygen atoms in total. The van der Waals surface area contributed by atoms with Gasteiger partial charge in [0.1, 0.15) is 17.4 Å². The fourth-order valence-electron chi connectivity index (χ4n) is 1.72. The van der Waals surface area contributed by atoms with Crippen molar-refractivity contribution < 1.29 is 13.5 Å². The molecule has 2 aromatic carbocycles. The monoisotopic (exact) mass is 308 g/mol. The van der Waals surface area contributed by atoms with Crippen LogP contribution in [0.5, 0.6) is 5.75 Å². The minimum atomic E-state index is -0.665. The first-order chi connectivity index (χ1) is 10.1. The van der Waals surface area contributed by atoms with Gasteiger partial charge in [-0.3, -0.25) is 0 Å². The van der Waals surface area contributed by atoms with Crippen molar-refractivity contribution in [3.8, 4) is 5.75 Å². The van der Waals surface area contributed by atoms with E-state index in [-0.39, 0.29) is 10.8 Å². The molecule has 2 rings (SSSR count). The standard InChI is InChI=1S/C15H14F2N2OS/c1-2-20-14-5-3-12(4-6-14)18-15(21)19-13-8-10(16)7-11(17)9-13/h3-9H,2H2,1H3,(H2,18,19,21). The summed E-state index contributed by atoms with van der Waals surface area (Å²) in [7, 11) is 0. The van der Waals surface area contributed by atoms with Crippen LogP contribution in [0.1, 0.15) is 6.92 Å². The summed E-state index contributed by atoms with van der Waals surface area (Å²) in [5, 5.41) is 5.88. The number of nitrogens with one attached hydrogen (secondary N) is 2. The first-order valence-corrected chi connectivity index (χ1v) is 6.74. The summed E-state index contributed by atoms with van der Waals surface area (Å²) in [6, 6.07) is 10.3. The van der Waals surface area contributed by atoms with Crippen LogP contribution in [0.3, 0.4) is 0 Å². The number of halogens is 2. The van der Waals surface area contributed by atoms with Crippen LogP contribution in [0.25, 0.3) is 0 Å². The van der Waals surface area contributed by atoms with Crippen molar-refractivity contribution in [3.63, 3.8) is 0 Å². The van der Waals surface area contributed by atoms with Gasteiger partial charge in [0, 0.05) is 17.4 Å². The number of hydrogen-bond acceptors (Lipinski definition) is 2. The van der Waals surface area contributed by atoms with E-state index in [4.69, 9.17) is 17.0 Å². The molecule has 0 bridgehead atoms. The van der Waals surface area contributed by atoms with Crippen LogP contribution in [-0.2, 0) is 0 Å². The minimum Gasteiger partial charge on any atom is -0.494 e. The Morgan fingerprint density at radius 2 is 1.57 bits per heavy atom. The molecule has 0 radical (unpaired) electrons. The maximum absolute atomic E-state index is 13.1. The van der Waals surface area contributed by atoms with Crippen LogP contribution in [0.4, 0.5) is 20.2 Å². The zero-order chi connectivity index (χ0) is 15.2. The Hall–Kier alpha value is -2.21. The molecule has 0 aromatic heterocycles. The minimum absolute atomic E-state index is 0.240. The lowest BCUT2D eigenvalue weighted by atomic mass is 10.3. The first kappa shape index (κ1) is 15.2. The van der Waals surface area contributed by atoms with Gasteiger partial charge in [0.2, 0.25) is 0 Å². The average Bonchev–Trinajstić information content (AvgIpc) is 2.40. The van der Waals surface area contributed by atoms with Crippen molar-refractivity contribution >= 4 is 28.7 Å². The first-order valence-electron chi connectivity index (χ1n) is 6.34. The van der Waals surface area contributed by atoms with E-state index in [1.165, 1.54) is 0 Å². The topological polar surface area (TPSA) is 33.3 Å². The molecular weight excluding hydrogens is 294 g/mol. The molecular formula is C15H14F2N2OS. The lowest BCUT2D eigenvalue weighted by Gasteiger charge is -2.11. The molecule has 2 N–H and O–H groups in total. The lowest BCUT2D eigenvalue weighted by Crippen LogP contribution is -2.19. The average molecular weight is 308 g/mol. The van der Waals surface area contributed by atoms with Gasteiger partial charge in [0.05, 0.1) is 6.61 Å². The van der Waals surface area contributed by atoms with Crippen molar-refractivity contribution in [2.24, 2.45) is 0 Å². The van der Waals surface area contributed by atoms with Gasteiger partial charge in [0.15, 0.2) is 5.11 Å². The van der Waals surface area contributed by atoms with Crippen LogP contribution in [-0.4, -0.2) is 11.7 Å². The van der Waals surface area contributed by atoms with E-state index >= 15 is 0 Å². The Morgan fingerprint density at radius 1 is 1.00 bits per heavy atom. The van der Waals surface area contributed by atoms with Gasteiger partial charge >= 0.3 is 0 Å². The van der Waals surface area contributed by atoms with E-state index in [0.717, 1.165) is 29.6 Å². The Bertz CT molecular complexity index is 612. The number of rotatable bonds is 4. The van der Waals surface area contributed by atoms with Gasteiger partial charge in [-0.05, 0) is 55.5 Å². The van der Waals surface area contributed by atoms with Gasteiger partial charge in [-0.25, -0.2) is 8.78 Å². The third kappa shape index (κ3) is 4.68. The zero-order valence-corrected chi connectivity index (χ0v) is 12.1. The van der Waals surface area contributed by atoms with Gasteiger partial charge in [-0.15, -0.1) is 0 Å². The molecule has 0 saturated heterocycles. The van der Waals surface area contributed by atoms with E-state index in [1.807, 2.05) is 6.92 Å². The third-order valence-corrected chi connectivity index (χ3v) is 2.75. The van der Waals surface area contributed by atoms with E-state index in [1.54, 1.807) is 24.3 Å². The number of ether oxygens (including phenoxy) is 1. The van der Waals surface area contributed by atoms with Crippen molar-refractivity contribution in [3.05, 3.63) is 54.1 Å². The van der Waals surface area contributed by atoms with E-state index in [2.05, 4.69) is 10.6 Å². The largest absolute Gasteiger partial charge is 0.494 e. The molecule has 0 fully saturated rings. The number of hydrogen-bond donors (Lipinski definition) is 2. The van der Waals surface area contributed by atoms with E-state index in [9.17, 15) is 8.78 Å². The van der Waals surface area contributed by atoms with Gasteiger partial charge in [-0.2, -0.15) is 0 Å². The summed E-state index contributed by atoms with van der Waals surface area (Å²) in [4.78, 5) is 0. The van der Waals surface area contributed by atoms with Gasteiger partial charge in [0.25, 0.3) is 0 Å². The molecule has 21 heavy (non-hydrogen) atoms. The highest BCUT2D eigenvalue weighted by molar-refractivity contribution is 7.80. The van der Waals surface area contributed by atoms with Crippen molar-refractivity contribution in [2.45, 2.75) is 6.92 Å². The fraction of sp³-hybridized carbons (Fsp3) is 0.133. The van der Waals surface area contributed by atoms with Crippen molar-refractivity contribution in [2.75, 3.05) is 17.2 Å². The SMILES string of the molecule is CCOc1ccc(NC(=S)Nc2cc(F)cc(F)c2)cc1. The maximum Gasteiger partial charge on any atom is 0.175 e. The number of benzene rings is 2. The van der Waals surface area contributed by atoms with Crippen LogP contribution in [0.2, 0.25) is 0 Å². The summed E-state index contributed by atoms with van der Waals surface area (Å²) in [6.07, 6.45) is 0. The number of anilines is 2. The van der Waals surface area contributed by atoms with Crippen LogP contribution in [0, 0.1) is 11.6 Å². The third-order valence-electron chi connectivity index (χ3n) is 2.54. The van der Waals surface area contributed by atoms with Gasteiger partial charge < -0.3 is 15.4 Å². The predicted molar refractivity (Wildman–Crippen MR) is 83.8 cm³/mol. The molecule has 0 saturated carbocycles. The highest BCUT2D eigenvalue weighted by Gasteiger charge is 2.03. The quantitative estimate of drug-likeness (QED) is 0.831. The smallest absolute Gasteiger partial charge is 0.175 e. The van der Waals surface area contributed by atoms with E-state index < -0.39 is 11.6 Å². The normalized spacial score (nSPS) is 10.0. The molecule has 0 amide bonds. The fourth-order valence-corrected chi connectivity index (χ4v) is 1.96. The molecule has 2 aromatic rings. The van der Waals surface area contributed by atoms with Gasteiger partial charge in [-0.1, -0.05) is 0 Å².